The number of esters is 1. The van der Waals surface area contributed by atoms with E-state index in [1.807, 2.05) is 6.92 Å². The highest BCUT2D eigenvalue weighted by molar-refractivity contribution is 5.71. The van der Waals surface area contributed by atoms with Crippen molar-refractivity contribution < 1.29 is 9.53 Å². The number of hydrogen-bond donors (Lipinski definition) is 1. The Labute approximate surface area is 72.3 Å². The molecule has 0 radical (unpaired) electrons. The molecule has 2 N–H and O–H groups in total. The van der Waals surface area contributed by atoms with Crippen LogP contribution < -0.4 is 5.73 Å². The smallest absolute Gasteiger partial charge is 0.306 e. The van der Waals surface area contributed by atoms with Crippen molar-refractivity contribution in [3.05, 3.63) is 0 Å². The second-order valence-corrected chi connectivity index (χ2v) is 4.37. The molecule has 3 nitrogen and oxygen atoms in total. The Morgan fingerprint density at radius 1 is 1.50 bits per heavy atom. The van der Waals surface area contributed by atoms with E-state index in [2.05, 4.69) is 0 Å². The van der Waals surface area contributed by atoms with Crippen molar-refractivity contribution in [1.29, 1.82) is 0 Å². The van der Waals surface area contributed by atoms with E-state index in [-0.39, 0.29) is 16.9 Å². The van der Waals surface area contributed by atoms with E-state index in [0.717, 1.165) is 19.3 Å². The second kappa shape index (κ2) is 2.22. The van der Waals surface area contributed by atoms with Crippen LogP contribution in [0.5, 0.6) is 0 Å². The largest absolute Gasteiger partial charge is 0.466 e. The van der Waals surface area contributed by atoms with Crippen LogP contribution in [0.4, 0.5) is 0 Å². The third kappa shape index (κ3) is 1.04. The molecule has 3 aliphatic rings. The Kier molecular flexibility index (Phi) is 1.49. The first kappa shape index (κ1) is 8.05. The Morgan fingerprint density at radius 3 is 2.50 bits per heavy atom. The fourth-order valence-electron chi connectivity index (χ4n) is 2.79. The maximum atomic E-state index is 11.1. The van der Waals surface area contributed by atoms with Crippen LogP contribution in [0, 0.1) is 5.41 Å². The first-order chi connectivity index (χ1) is 5.58. The van der Waals surface area contributed by atoms with Crippen molar-refractivity contribution in [3.8, 4) is 0 Å². The summed E-state index contributed by atoms with van der Waals surface area (Å²) < 4.78 is 4.89. The van der Waals surface area contributed by atoms with Crippen LogP contribution >= 0.6 is 0 Å². The van der Waals surface area contributed by atoms with Gasteiger partial charge in [-0.3, -0.25) is 4.79 Å². The highest BCUT2D eigenvalue weighted by Crippen LogP contribution is 2.67. The lowest BCUT2D eigenvalue weighted by Gasteiger charge is -2.68. The van der Waals surface area contributed by atoms with E-state index in [1.165, 1.54) is 0 Å². The standard InChI is InChI=1S/C9H15NO2/c1-2-12-7(11)3-8-4-9(10,5-8)6-8/h2-6,10H2,1H3. The quantitative estimate of drug-likeness (QED) is 0.636. The topological polar surface area (TPSA) is 52.3 Å². The van der Waals surface area contributed by atoms with Crippen LogP contribution in [0.25, 0.3) is 0 Å². The van der Waals surface area contributed by atoms with E-state index < -0.39 is 0 Å². The highest BCUT2D eigenvalue weighted by Gasteiger charge is 2.66. The average molecular weight is 169 g/mol. The molecule has 3 fully saturated rings. The van der Waals surface area contributed by atoms with Crippen molar-refractivity contribution in [3.63, 3.8) is 0 Å². The summed E-state index contributed by atoms with van der Waals surface area (Å²) in [4.78, 5) is 11.1. The molecule has 0 aromatic carbocycles. The van der Waals surface area contributed by atoms with Gasteiger partial charge >= 0.3 is 5.97 Å². The predicted octanol–water partition coefficient (Wildman–Crippen LogP) is 0.821. The molecule has 12 heavy (non-hydrogen) atoms. The van der Waals surface area contributed by atoms with Crippen LogP contribution in [-0.4, -0.2) is 18.1 Å². The second-order valence-electron chi connectivity index (χ2n) is 4.37. The Balaban J connectivity index is 1.79. The Morgan fingerprint density at radius 2 is 2.08 bits per heavy atom. The summed E-state index contributed by atoms with van der Waals surface area (Å²) in [6, 6.07) is 0. The number of carbonyl (C=O) groups is 1. The molecule has 0 aromatic heterocycles. The van der Waals surface area contributed by atoms with Gasteiger partial charge in [0.25, 0.3) is 0 Å². The molecular formula is C9H15NO2. The molecule has 3 aliphatic carbocycles. The Hall–Kier alpha value is -0.570. The van der Waals surface area contributed by atoms with Crippen LogP contribution in [0.3, 0.4) is 0 Å². The van der Waals surface area contributed by atoms with Crippen molar-refractivity contribution in [1.82, 2.24) is 0 Å². The zero-order valence-corrected chi connectivity index (χ0v) is 7.43. The van der Waals surface area contributed by atoms with E-state index in [9.17, 15) is 4.79 Å². The fraction of sp³-hybridized carbons (Fsp3) is 0.889. The molecule has 0 atom stereocenters. The molecular weight excluding hydrogens is 154 g/mol. The SMILES string of the molecule is CCOC(=O)CC12CC(N)(C1)C2. The third-order valence-corrected chi connectivity index (χ3v) is 3.01. The minimum absolute atomic E-state index is 0.0562. The lowest BCUT2D eigenvalue weighted by molar-refractivity contribution is -0.170. The molecule has 0 spiro atoms. The van der Waals surface area contributed by atoms with Crippen molar-refractivity contribution in [2.75, 3.05) is 6.61 Å². The van der Waals surface area contributed by atoms with E-state index in [4.69, 9.17) is 10.5 Å². The number of rotatable bonds is 3. The molecule has 0 aromatic rings. The molecule has 0 saturated heterocycles. The molecule has 2 bridgehead atoms. The molecule has 68 valence electrons. The summed E-state index contributed by atoms with van der Waals surface area (Å²) >= 11 is 0. The van der Waals surface area contributed by atoms with Gasteiger partial charge in [0, 0.05) is 5.54 Å². The third-order valence-electron chi connectivity index (χ3n) is 3.01. The van der Waals surface area contributed by atoms with Gasteiger partial charge in [-0.15, -0.1) is 0 Å². The fourth-order valence-corrected chi connectivity index (χ4v) is 2.79. The van der Waals surface area contributed by atoms with Gasteiger partial charge in [-0.2, -0.15) is 0 Å². The number of ether oxygens (including phenoxy) is 1. The molecule has 0 heterocycles. The Bertz CT molecular complexity index is 205. The highest BCUT2D eigenvalue weighted by atomic mass is 16.5. The lowest BCUT2D eigenvalue weighted by Crippen LogP contribution is -2.72. The molecule has 3 heteroatoms. The van der Waals surface area contributed by atoms with Crippen LogP contribution in [0.1, 0.15) is 32.6 Å². The molecule has 0 aliphatic heterocycles. The number of hydrogen-bond acceptors (Lipinski definition) is 3. The van der Waals surface area contributed by atoms with Gasteiger partial charge in [-0.25, -0.2) is 0 Å². The number of nitrogens with two attached hydrogens (primary N) is 1. The van der Waals surface area contributed by atoms with Crippen molar-refractivity contribution in [2.24, 2.45) is 11.1 Å². The van der Waals surface area contributed by atoms with Crippen molar-refractivity contribution in [2.45, 2.75) is 38.1 Å². The van der Waals surface area contributed by atoms with E-state index in [1.54, 1.807) is 0 Å². The monoisotopic (exact) mass is 169 g/mol. The average Bonchev–Trinajstić information content (AvgIpc) is 1.82. The summed E-state index contributed by atoms with van der Waals surface area (Å²) in [6.45, 7) is 2.33. The van der Waals surface area contributed by atoms with Crippen molar-refractivity contribution >= 4 is 5.97 Å². The van der Waals surface area contributed by atoms with Gasteiger partial charge in [0.05, 0.1) is 13.0 Å². The van der Waals surface area contributed by atoms with Crippen LogP contribution in [0.2, 0.25) is 0 Å². The van der Waals surface area contributed by atoms with Gasteiger partial charge in [-0.05, 0) is 31.6 Å². The normalized spacial score (nSPS) is 42.8. The van der Waals surface area contributed by atoms with Crippen LogP contribution in [-0.2, 0) is 9.53 Å². The van der Waals surface area contributed by atoms with Gasteiger partial charge in [-0.1, -0.05) is 0 Å². The maximum Gasteiger partial charge on any atom is 0.306 e. The van der Waals surface area contributed by atoms with Gasteiger partial charge in [0.2, 0.25) is 0 Å². The summed E-state index contributed by atoms with van der Waals surface area (Å²) in [6.07, 6.45) is 3.66. The maximum absolute atomic E-state index is 11.1. The first-order valence-electron chi connectivity index (χ1n) is 4.52. The summed E-state index contributed by atoms with van der Waals surface area (Å²) in [5.41, 5.74) is 6.22. The minimum Gasteiger partial charge on any atom is -0.466 e. The molecule has 3 rings (SSSR count). The van der Waals surface area contributed by atoms with E-state index >= 15 is 0 Å². The minimum atomic E-state index is -0.0562. The first-order valence-corrected chi connectivity index (χ1v) is 4.52. The predicted molar refractivity (Wildman–Crippen MR) is 44.5 cm³/mol. The van der Waals surface area contributed by atoms with Gasteiger partial charge < -0.3 is 10.5 Å². The molecule has 0 amide bonds. The van der Waals surface area contributed by atoms with Gasteiger partial charge in [0.1, 0.15) is 0 Å². The van der Waals surface area contributed by atoms with Crippen LogP contribution in [0.15, 0.2) is 0 Å². The van der Waals surface area contributed by atoms with Gasteiger partial charge in [0.15, 0.2) is 0 Å². The zero-order chi connectivity index (χ0) is 8.82. The molecule has 0 unspecified atom stereocenters. The summed E-state index contributed by atoms with van der Waals surface area (Å²) in [5, 5.41) is 0. The summed E-state index contributed by atoms with van der Waals surface area (Å²) in [7, 11) is 0. The van der Waals surface area contributed by atoms with E-state index in [0.29, 0.717) is 13.0 Å². The zero-order valence-electron chi connectivity index (χ0n) is 7.43. The lowest BCUT2D eigenvalue weighted by atomic mass is 9.39. The molecule has 3 saturated carbocycles. The summed E-state index contributed by atoms with van der Waals surface area (Å²) in [5.74, 6) is -0.0562. The number of carbonyl (C=O) groups excluding carboxylic acids is 1.